The predicted octanol–water partition coefficient (Wildman–Crippen LogP) is 4.74. The molecule has 0 bridgehead atoms. The Bertz CT molecular complexity index is 918. The summed E-state index contributed by atoms with van der Waals surface area (Å²) in [7, 11) is 1.71. The first-order valence-corrected chi connectivity index (χ1v) is 11.1. The summed E-state index contributed by atoms with van der Waals surface area (Å²) in [5.74, 6) is 1.63. The van der Waals surface area contributed by atoms with Crippen molar-refractivity contribution in [3.63, 3.8) is 0 Å². The van der Waals surface area contributed by atoms with E-state index in [0.717, 1.165) is 51.4 Å². The van der Waals surface area contributed by atoms with Crippen molar-refractivity contribution in [2.75, 3.05) is 39.8 Å². The second-order valence-electron chi connectivity index (χ2n) is 8.31. The molecular formula is C27H32N2O2. The van der Waals surface area contributed by atoms with Gasteiger partial charge in [-0.2, -0.15) is 0 Å². The van der Waals surface area contributed by atoms with Crippen LogP contribution in [0.4, 0.5) is 0 Å². The van der Waals surface area contributed by atoms with Crippen LogP contribution >= 0.6 is 0 Å². The number of hydrogen-bond donors (Lipinski definition) is 1. The molecule has 3 aromatic carbocycles. The number of benzene rings is 3. The number of phenolic OH excluding ortho intramolecular Hbond substituents is 1. The quantitative estimate of drug-likeness (QED) is 0.575. The third-order valence-corrected chi connectivity index (χ3v) is 6.26. The normalized spacial score (nSPS) is 16.2. The number of rotatable bonds is 8. The smallest absolute Gasteiger partial charge is 0.118 e. The van der Waals surface area contributed by atoms with E-state index < -0.39 is 0 Å². The van der Waals surface area contributed by atoms with Crippen molar-refractivity contribution in [2.45, 2.75) is 18.9 Å². The zero-order chi connectivity index (χ0) is 21.5. The van der Waals surface area contributed by atoms with Crippen molar-refractivity contribution in [3.05, 3.63) is 95.6 Å². The van der Waals surface area contributed by atoms with E-state index in [1.54, 1.807) is 19.2 Å². The molecule has 1 unspecified atom stereocenters. The van der Waals surface area contributed by atoms with Gasteiger partial charge in [-0.3, -0.25) is 4.90 Å². The number of phenols is 1. The van der Waals surface area contributed by atoms with Crippen molar-refractivity contribution in [1.82, 2.24) is 9.80 Å². The number of aromatic hydroxyl groups is 1. The Kier molecular flexibility index (Phi) is 7.23. The van der Waals surface area contributed by atoms with Crippen LogP contribution in [0.2, 0.25) is 0 Å². The van der Waals surface area contributed by atoms with Gasteiger partial charge >= 0.3 is 0 Å². The summed E-state index contributed by atoms with van der Waals surface area (Å²) < 4.78 is 5.34. The number of hydrogen-bond acceptors (Lipinski definition) is 4. The van der Waals surface area contributed by atoms with E-state index in [4.69, 9.17) is 4.74 Å². The lowest BCUT2D eigenvalue weighted by atomic mass is 9.88. The minimum Gasteiger partial charge on any atom is -0.508 e. The first kappa shape index (κ1) is 21.4. The van der Waals surface area contributed by atoms with Crippen molar-refractivity contribution in [1.29, 1.82) is 0 Å². The minimum atomic E-state index is 0.332. The lowest BCUT2D eigenvalue weighted by molar-refractivity contribution is 0.125. The maximum absolute atomic E-state index is 9.47. The van der Waals surface area contributed by atoms with Gasteiger partial charge in [0, 0.05) is 38.6 Å². The van der Waals surface area contributed by atoms with Gasteiger partial charge in [-0.05, 0) is 53.9 Å². The molecule has 4 heteroatoms. The molecule has 1 heterocycles. The van der Waals surface area contributed by atoms with Crippen molar-refractivity contribution in [3.8, 4) is 11.5 Å². The van der Waals surface area contributed by atoms with Crippen molar-refractivity contribution in [2.24, 2.45) is 0 Å². The lowest BCUT2D eigenvalue weighted by Gasteiger charge is -2.35. The van der Waals surface area contributed by atoms with Crippen LogP contribution in [0.25, 0.3) is 0 Å². The highest BCUT2D eigenvalue weighted by molar-refractivity contribution is 5.36. The second-order valence-corrected chi connectivity index (χ2v) is 8.31. The SMILES string of the molecule is COc1ccc(C(CCN2CCN(Cc3ccc(O)cc3)CC2)c2ccccc2)cc1. The van der Waals surface area contributed by atoms with Gasteiger partial charge in [-0.25, -0.2) is 0 Å². The molecule has 162 valence electrons. The van der Waals surface area contributed by atoms with Crippen LogP contribution in [0.3, 0.4) is 0 Å². The Morgan fingerprint density at radius 3 is 2.03 bits per heavy atom. The fraction of sp³-hybridized carbons (Fsp3) is 0.333. The van der Waals surface area contributed by atoms with Gasteiger partial charge in [-0.1, -0.05) is 54.6 Å². The monoisotopic (exact) mass is 416 g/mol. The maximum atomic E-state index is 9.47. The van der Waals surface area contributed by atoms with E-state index >= 15 is 0 Å². The standard InChI is InChI=1S/C27H32N2O2/c1-31-26-13-9-24(10-14-26)27(23-5-3-2-4-6-23)15-16-28-17-19-29(20-18-28)21-22-7-11-25(30)12-8-22/h2-14,27,30H,15-21H2,1H3. The molecule has 0 aromatic heterocycles. The summed E-state index contributed by atoms with van der Waals surface area (Å²) in [6.45, 7) is 6.41. The molecule has 0 spiro atoms. The van der Waals surface area contributed by atoms with Crippen LogP contribution < -0.4 is 4.74 Å². The van der Waals surface area contributed by atoms with E-state index in [1.807, 2.05) is 12.1 Å². The van der Waals surface area contributed by atoms with Gasteiger partial charge in [0.1, 0.15) is 11.5 Å². The predicted molar refractivity (Wildman–Crippen MR) is 126 cm³/mol. The molecule has 1 N–H and O–H groups in total. The van der Waals surface area contributed by atoms with Crippen molar-refractivity contribution >= 4 is 0 Å². The molecule has 4 rings (SSSR count). The average Bonchev–Trinajstić information content (AvgIpc) is 2.83. The molecule has 4 nitrogen and oxygen atoms in total. The Morgan fingerprint density at radius 2 is 1.39 bits per heavy atom. The molecule has 0 radical (unpaired) electrons. The largest absolute Gasteiger partial charge is 0.508 e. The average molecular weight is 417 g/mol. The lowest BCUT2D eigenvalue weighted by Crippen LogP contribution is -2.46. The van der Waals surface area contributed by atoms with Gasteiger partial charge < -0.3 is 14.7 Å². The molecule has 3 aromatic rings. The van der Waals surface area contributed by atoms with Gasteiger partial charge in [-0.15, -0.1) is 0 Å². The Morgan fingerprint density at radius 1 is 0.774 bits per heavy atom. The van der Waals surface area contributed by atoms with Crippen LogP contribution in [-0.2, 0) is 6.54 Å². The van der Waals surface area contributed by atoms with Gasteiger partial charge in [0.05, 0.1) is 7.11 Å². The fourth-order valence-electron chi connectivity index (χ4n) is 4.39. The first-order chi connectivity index (χ1) is 15.2. The molecule has 0 amide bonds. The summed E-state index contributed by atoms with van der Waals surface area (Å²) in [6.07, 6.45) is 1.11. The maximum Gasteiger partial charge on any atom is 0.118 e. The Labute approximate surface area is 185 Å². The summed E-state index contributed by atoms with van der Waals surface area (Å²) in [4.78, 5) is 5.09. The van der Waals surface area contributed by atoms with E-state index in [2.05, 4.69) is 64.4 Å². The Hall–Kier alpha value is -2.82. The van der Waals surface area contributed by atoms with E-state index in [9.17, 15) is 5.11 Å². The van der Waals surface area contributed by atoms with Crippen LogP contribution in [-0.4, -0.2) is 54.7 Å². The highest BCUT2D eigenvalue weighted by Crippen LogP contribution is 2.29. The molecular weight excluding hydrogens is 384 g/mol. The number of methoxy groups -OCH3 is 1. The van der Waals surface area contributed by atoms with E-state index in [-0.39, 0.29) is 0 Å². The molecule has 1 aliphatic rings. The zero-order valence-corrected chi connectivity index (χ0v) is 18.3. The van der Waals surface area contributed by atoms with E-state index in [1.165, 1.54) is 16.7 Å². The third kappa shape index (κ3) is 5.87. The van der Waals surface area contributed by atoms with Gasteiger partial charge in [0.25, 0.3) is 0 Å². The number of piperazine rings is 1. The van der Waals surface area contributed by atoms with E-state index in [0.29, 0.717) is 11.7 Å². The summed E-state index contributed by atoms with van der Waals surface area (Å²) in [6, 6.07) is 26.9. The number of nitrogens with zero attached hydrogens (tertiary/aromatic N) is 2. The van der Waals surface area contributed by atoms with Crippen LogP contribution in [0.15, 0.2) is 78.9 Å². The highest BCUT2D eigenvalue weighted by Gasteiger charge is 2.20. The fourth-order valence-corrected chi connectivity index (χ4v) is 4.39. The summed E-state index contributed by atoms with van der Waals surface area (Å²) in [5, 5.41) is 9.47. The minimum absolute atomic E-state index is 0.332. The molecule has 1 atom stereocenters. The highest BCUT2D eigenvalue weighted by atomic mass is 16.5. The molecule has 1 aliphatic heterocycles. The molecule has 1 fully saturated rings. The van der Waals surface area contributed by atoms with Crippen LogP contribution in [0.5, 0.6) is 11.5 Å². The Balaban J connectivity index is 1.34. The second kappa shape index (κ2) is 10.5. The summed E-state index contributed by atoms with van der Waals surface area (Å²) in [5.41, 5.74) is 3.98. The third-order valence-electron chi connectivity index (χ3n) is 6.26. The topological polar surface area (TPSA) is 35.9 Å². The zero-order valence-electron chi connectivity index (χ0n) is 18.3. The number of ether oxygens (including phenoxy) is 1. The van der Waals surface area contributed by atoms with Crippen molar-refractivity contribution < 1.29 is 9.84 Å². The first-order valence-electron chi connectivity index (χ1n) is 11.1. The molecule has 0 saturated carbocycles. The summed E-state index contributed by atoms with van der Waals surface area (Å²) >= 11 is 0. The molecule has 0 aliphatic carbocycles. The van der Waals surface area contributed by atoms with Crippen LogP contribution in [0, 0.1) is 0 Å². The van der Waals surface area contributed by atoms with Gasteiger partial charge in [0.15, 0.2) is 0 Å². The van der Waals surface area contributed by atoms with Gasteiger partial charge in [0.2, 0.25) is 0 Å². The van der Waals surface area contributed by atoms with Crippen LogP contribution in [0.1, 0.15) is 29.0 Å². The molecule has 31 heavy (non-hydrogen) atoms. The molecule has 1 saturated heterocycles.